The van der Waals surface area contributed by atoms with E-state index >= 15 is 0 Å². The molecule has 4 aromatic carbocycles. The van der Waals surface area contributed by atoms with Crippen molar-refractivity contribution in [2.45, 2.75) is 19.8 Å². The Kier molecular flexibility index (Phi) is 4.34. The molecule has 3 heterocycles. The van der Waals surface area contributed by atoms with E-state index in [4.69, 9.17) is 8.83 Å². The van der Waals surface area contributed by atoms with Gasteiger partial charge >= 0.3 is 0 Å². The van der Waals surface area contributed by atoms with Crippen LogP contribution in [0.25, 0.3) is 66.3 Å². The zero-order valence-corrected chi connectivity index (χ0v) is 19.6. The third-order valence-electron chi connectivity index (χ3n) is 6.88. The van der Waals surface area contributed by atoms with Crippen LogP contribution in [0.2, 0.25) is 0 Å². The normalized spacial score (nSPS) is 12.0. The van der Waals surface area contributed by atoms with Gasteiger partial charge in [-0.3, -0.25) is 4.98 Å². The van der Waals surface area contributed by atoms with Crippen molar-refractivity contribution in [2.75, 3.05) is 0 Å². The fraction of sp³-hybridized carbons (Fsp3) is 0.0938. The van der Waals surface area contributed by atoms with Gasteiger partial charge in [0.05, 0.1) is 5.69 Å². The molecule has 0 amide bonds. The summed E-state index contributed by atoms with van der Waals surface area (Å²) in [6, 6.07) is 31.1. The van der Waals surface area contributed by atoms with Crippen LogP contribution in [0.15, 0.2) is 106 Å². The lowest BCUT2D eigenvalue weighted by molar-refractivity contribution is 0.655. The maximum atomic E-state index is 6.64. The Balaban J connectivity index is 1.70. The molecule has 0 unspecified atom stereocenters. The van der Waals surface area contributed by atoms with E-state index in [0.29, 0.717) is 0 Å². The second-order valence-corrected chi connectivity index (χ2v) is 9.34. The van der Waals surface area contributed by atoms with Gasteiger partial charge in [0, 0.05) is 44.4 Å². The quantitative estimate of drug-likeness (QED) is 0.267. The number of benzene rings is 4. The lowest BCUT2D eigenvalue weighted by atomic mass is 9.89. The second-order valence-electron chi connectivity index (χ2n) is 9.34. The molecule has 0 bridgehead atoms. The van der Waals surface area contributed by atoms with E-state index in [9.17, 15) is 0 Å². The standard InChI is InChI=1S/C32H23NO2/c1-19(2)27-29-22-12-6-8-14-25(22)35-32(29)28(30-23-13-7-9-15-26(23)34-31(27)30)21-16-17-33-24(18-21)20-10-4-3-5-11-20/h3-19H,1-2H3. The molecular formula is C32H23NO2. The van der Waals surface area contributed by atoms with Crippen molar-refractivity contribution in [3.63, 3.8) is 0 Å². The molecule has 3 heteroatoms. The van der Waals surface area contributed by atoms with E-state index in [1.165, 1.54) is 5.56 Å². The molecule has 3 aromatic heterocycles. The number of aromatic nitrogens is 1. The van der Waals surface area contributed by atoms with Crippen molar-refractivity contribution >= 4 is 43.9 Å². The molecule has 0 radical (unpaired) electrons. The molecule has 0 fully saturated rings. The van der Waals surface area contributed by atoms with Gasteiger partial charge in [-0.25, -0.2) is 0 Å². The summed E-state index contributed by atoms with van der Waals surface area (Å²) in [7, 11) is 0. The summed E-state index contributed by atoms with van der Waals surface area (Å²) in [5, 5.41) is 4.45. The van der Waals surface area contributed by atoms with E-state index in [1.54, 1.807) is 0 Å². The number of hydrogen-bond acceptors (Lipinski definition) is 3. The Bertz CT molecular complexity index is 1870. The topological polar surface area (TPSA) is 39.2 Å². The molecule has 0 saturated carbocycles. The number of pyridine rings is 1. The van der Waals surface area contributed by atoms with Gasteiger partial charge in [-0.15, -0.1) is 0 Å². The molecule has 0 aliphatic carbocycles. The third kappa shape index (κ3) is 2.95. The van der Waals surface area contributed by atoms with Gasteiger partial charge < -0.3 is 8.83 Å². The van der Waals surface area contributed by atoms with Crippen LogP contribution >= 0.6 is 0 Å². The summed E-state index contributed by atoms with van der Waals surface area (Å²) in [5.41, 5.74) is 8.95. The summed E-state index contributed by atoms with van der Waals surface area (Å²) in [4.78, 5) is 4.68. The minimum absolute atomic E-state index is 0.257. The van der Waals surface area contributed by atoms with E-state index in [0.717, 1.165) is 66.3 Å². The summed E-state index contributed by atoms with van der Waals surface area (Å²) in [6.07, 6.45) is 1.89. The van der Waals surface area contributed by atoms with E-state index in [-0.39, 0.29) is 5.92 Å². The maximum Gasteiger partial charge on any atom is 0.144 e. The number of hydrogen-bond donors (Lipinski definition) is 0. The minimum Gasteiger partial charge on any atom is -0.456 e. The molecule has 7 aromatic rings. The Hall–Kier alpha value is -4.37. The molecule has 35 heavy (non-hydrogen) atoms. The molecule has 0 spiro atoms. The van der Waals surface area contributed by atoms with Crippen molar-refractivity contribution < 1.29 is 8.83 Å². The second kappa shape index (κ2) is 7.57. The maximum absolute atomic E-state index is 6.64. The molecule has 3 nitrogen and oxygen atoms in total. The van der Waals surface area contributed by atoms with Crippen LogP contribution in [0, 0.1) is 0 Å². The SMILES string of the molecule is CC(C)c1c2oc3ccccc3c2c(-c2ccnc(-c3ccccc3)c2)c2oc3ccccc3c12. The summed E-state index contributed by atoms with van der Waals surface area (Å²) < 4.78 is 13.2. The first kappa shape index (κ1) is 20.0. The molecular weight excluding hydrogens is 430 g/mol. The highest BCUT2D eigenvalue weighted by Crippen LogP contribution is 2.49. The minimum atomic E-state index is 0.257. The first-order chi connectivity index (χ1) is 17.2. The van der Waals surface area contributed by atoms with Crippen molar-refractivity contribution in [2.24, 2.45) is 0 Å². The number of para-hydroxylation sites is 2. The fourth-order valence-corrected chi connectivity index (χ4v) is 5.38. The molecule has 0 saturated heterocycles. The van der Waals surface area contributed by atoms with Gasteiger partial charge in [-0.2, -0.15) is 0 Å². The Morgan fingerprint density at radius 1 is 0.629 bits per heavy atom. The van der Waals surface area contributed by atoms with E-state index < -0.39 is 0 Å². The summed E-state index contributed by atoms with van der Waals surface area (Å²) in [5.74, 6) is 0.257. The highest BCUT2D eigenvalue weighted by atomic mass is 16.3. The van der Waals surface area contributed by atoms with Gasteiger partial charge in [0.2, 0.25) is 0 Å². The monoisotopic (exact) mass is 453 g/mol. The van der Waals surface area contributed by atoms with Crippen LogP contribution in [0.1, 0.15) is 25.3 Å². The first-order valence-electron chi connectivity index (χ1n) is 12.0. The summed E-state index contributed by atoms with van der Waals surface area (Å²) >= 11 is 0. The molecule has 168 valence electrons. The first-order valence-corrected chi connectivity index (χ1v) is 12.0. The number of nitrogens with zero attached hydrogens (tertiary/aromatic N) is 1. The van der Waals surface area contributed by atoms with E-state index in [2.05, 4.69) is 67.4 Å². The predicted octanol–water partition coefficient (Wildman–Crippen LogP) is 9.34. The van der Waals surface area contributed by atoms with Crippen molar-refractivity contribution in [1.29, 1.82) is 0 Å². The Morgan fingerprint density at radius 3 is 1.97 bits per heavy atom. The smallest absolute Gasteiger partial charge is 0.144 e. The highest BCUT2D eigenvalue weighted by Gasteiger charge is 2.26. The highest BCUT2D eigenvalue weighted by molar-refractivity contribution is 6.25. The fourth-order valence-electron chi connectivity index (χ4n) is 5.38. The third-order valence-corrected chi connectivity index (χ3v) is 6.88. The number of fused-ring (bicyclic) bond motifs is 6. The molecule has 7 rings (SSSR count). The van der Waals surface area contributed by atoms with Crippen molar-refractivity contribution in [3.05, 3.63) is 103 Å². The molecule has 0 aliphatic rings. The van der Waals surface area contributed by atoms with Crippen molar-refractivity contribution in [1.82, 2.24) is 4.98 Å². The van der Waals surface area contributed by atoms with Gasteiger partial charge in [0.1, 0.15) is 22.3 Å². The largest absolute Gasteiger partial charge is 0.456 e. The van der Waals surface area contributed by atoms with Gasteiger partial charge in [-0.05, 0) is 35.7 Å². The van der Waals surface area contributed by atoms with Crippen LogP contribution in [0.3, 0.4) is 0 Å². The Morgan fingerprint density at radius 2 is 1.26 bits per heavy atom. The zero-order valence-electron chi connectivity index (χ0n) is 19.6. The Labute approximate surface area is 202 Å². The predicted molar refractivity (Wildman–Crippen MR) is 144 cm³/mol. The van der Waals surface area contributed by atoms with Crippen LogP contribution in [-0.2, 0) is 0 Å². The average Bonchev–Trinajstić information content (AvgIpc) is 3.46. The van der Waals surface area contributed by atoms with Gasteiger partial charge in [0.15, 0.2) is 0 Å². The van der Waals surface area contributed by atoms with Crippen molar-refractivity contribution in [3.8, 4) is 22.4 Å². The lowest BCUT2D eigenvalue weighted by Gasteiger charge is -2.13. The van der Waals surface area contributed by atoms with Crippen LogP contribution in [-0.4, -0.2) is 4.98 Å². The van der Waals surface area contributed by atoms with E-state index in [1.807, 2.05) is 48.7 Å². The summed E-state index contributed by atoms with van der Waals surface area (Å²) in [6.45, 7) is 4.45. The molecule has 0 atom stereocenters. The van der Waals surface area contributed by atoms with Crippen LogP contribution < -0.4 is 0 Å². The average molecular weight is 454 g/mol. The molecule has 0 aliphatic heterocycles. The van der Waals surface area contributed by atoms with Gasteiger partial charge in [-0.1, -0.05) is 80.6 Å². The molecule has 0 N–H and O–H groups in total. The number of furan rings is 2. The van der Waals surface area contributed by atoms with Crippen LogP contribution in [0.5, 0.6) is 0 Å². The number of rotatable bonds is 3. The van der Waals surface area contributed by atoms with Crippen LogP contribution in [0.4, 0.5) is 0 Å². The zero-order chi connectivity index (χ0) is 23.5. The van der Waals surface area contributed by atoms with Gasteiger partial charge in [0.25, 0.3) is 0 Å². The lowest BCUT2D eigenvalue weighted by Crippen LogP contribution is -1.93.